The second kappa shape index (κ2) is 12.9. The van der Waals surface area contributed by atoms with Crippen molar-refractivity contribution >= 4 is 21.9 Å². The van der Waals surface area contributed by atoms with Gasteiger partial charge < -0.3 is 4.42 Å². The van der Waals surface area contributed by atoms with Crippen molar-refractivity contribution in [3.8, 4) is 56.2 Å². The maximum atomic E-state index is 6.45. The Morgan fingerprint density at radius 3 is 1.68 bits per heavy atom. The van der Waals surface area contributed by atoms with Gasteiger partial charge in [-0.15, -0.1) is 0 Å². The largest absolute Gasteiger partial charge is 0.455 e. The highest BCUT2D eigenvalue weighted by Crippen LogP contribution is 2.56. The topological polar surface area (TPSA) is 38.9 Å². The zero-order valence-electron chi connectivity index (χ0n) is 30.4. The van der Waals surface area contributed by atoms with E-state index in [0.717, 1.165) is 61.1 Å². The molecule has 3 heteroatoms. The van der Waals surface area contributed by atoms with Crippen molar-refractivity contribution in [2.45, 2.75) is 5.41 Å². The molecule has 0 spiro atoms. The van der Waals surface area contributed by atoms with E-state index in [1.165, 1.54) is 33.4 Å². The molecule has 0 radical (unpaired) electrons. The van der Waals surface area contributed by atoms with Gasteiger partial charge in [0.05, 0.1) is 16.8 Å². The first-order chi connectivity index (χ1) is 27.8. The molecule has 0 unspecified atom stereocenters. The normalized spacial score (nSPS) is 12.8. The molecule has 0 bridgehead atoms. The van der Waals surface area contributed by atoms with E-state index in [0.29, 0.717) is 5.82 Å². The van der Waals surface area contributed by atoms with Crippen LogP contribution >= 0.6 is 0 Å². The third-order valence-corrected chi connectivity index (χ3v) is 11.4. The molecule has 0 fully saturated rings. The van der Waals surface area contributed by atoms with E-state index in [4.69, 9.17) is 14.4 Å². The molecule has 8 aromatic carbocycles. The van der Waals surface area contributed by atoms with E-state index in [-0.39, 0.29) is 0 Å². The summed E-state index contributed by atoms with van der Waals surface area (Å²) < 4.78 is 6.45. The van der Waals surface area contributed by atoms with Gasteiger partial charge in [-0.2, -0.15) is 0 Å². The Balaban J connectivity index is 1.11. The average molecular weight is 715 g/mol. The SMILES string of the molecule is c1ccc(-c2nc(-c3cccc(-c4cccc5c4oc4ccccc45)c3)cc(-c3ccc4c(c3)C(c3ccccc3)(c3ccccc3)c3ccccc3-4)n2)cc1. The molecular weight excluding hydrogens is 681 g/mol. The summed E-state index contributed by atoms with van der Waals surface area (Å²) >= 11 is 0. The minimum atomic E-state index is -0.505. The number of benzene rings is 8. The highest BCUT2D eigenvalue weighted by Gasteiger charge is 2.46. The molecule has 0 aliphatic heterocycles. The molecule has 0 saturated heterocycles. The first kappa shape index (κ1) is 32.1. The van der Waals surface area contributed by atoms with Crippen LogP contribution in [0, 0.1) is 0 Å². The minimum absolute atomic E-state index is 0.505. The maximum absolute atomic E-state index is 6.45. The Bertz CT molecular complexity index is 3040. The summed E-state index contributed by atoms with van der Waals surface area (Å²) in [4.78, 5) is 10.5. The van der Waals surface area contributed by atoms with E-state index in [1.54, 1.807) is 0 Å². The van der Waals surface area contributed by atoms with Crippen LogP contribution in [0.1, 0.15) is 22.3 Å². The second-order valence-electron chi connectivity index (χ2n) is 14.5. The Hall–Kier alpha value is -7.36. The van der Waals surface area contributed by atoms with E-state index in [2.05, 4.69) is 176 Å². The van der Waals surface area contributed by atoms with Crippen molar-refractivity contribution in [3.05, 3.63) is 229 Å². The Morgan fingerprint density at radius 1 is 0.357 bits per heavy atom. The molecule has 1 aliphatic carbocycles. The average Bonchev–Trinajstić information content (AvgIpc) is 3.81. The third kappa shape index (κ3) is 4.98. The predicted molar refractivity (Wildman–Crippen MR) is 228 cm³/mol. The molecule has 262 valence electrons. The van der Waals surface area contributed by atoms with Gasteiger partial charge in [-0.1, -0.05) is 182 Å². The van der Waals surface area contributed by atoms with Gasteiger partial charge in [0.15, 0.2) is 5.82 Å². The first-order valence-corrected chi connectivity index (χ1v) is 19.1. The van der Waals surface area contributed by atoms with Gasteiger partial charge in [-0.25, -0.2) is 9.97 Å². The number of hydrogen-bond acceptors (Lipinski definition) is 3. The summed E-state index contributed by atoms with van der Waals surface area (Å²) in [5.41, 5.74) is 15.6. The van der Waals surface area contributed by atoms with Crippen LogP contribution in [0.15, 0.2) is 211 Å². The molecule has 1 aliphatic rings. The van der Waals surface area contributed by atoms with E-state index in [9.17, 15) is 0 Å². The number of furan rings is 1. The Labute approximate surface area is 325 Å². The molecule has 3 nitrogen and oxygen atoms in total. The summed E-state index contributed by atoms with van der Waals surface area (Å²) in [5.74, 6) is 0.684. The molecular formula is C53H34N2O. The summed E-state index contributed by atoms with van der Waals surface area (Å²) in [7, 11) is 0. The van der Waals surface area contributed by atoms with Crippen molar-refractivity contribution in [2.75, 3.05) is 0 Å². The van der Waals surface area contributed by atoms with Crippen LogP contribution in [-0.2, 0) is 5.41 Å². The van der Waals surface area contributed by atoms with Gasteiger partial charge in [-0.3, -0.25) is 0 Å². The van der Waals surface area contributed by atoms with Crippen molar-refractivity contribution in [2.24, 2.45) is 0 Å². The monoisotopic (exact) mass is 714 g/mol. The van der Waals surface area contributed by atoms with Crippen molar-refractivity contribution in [1.82, 2.24) is 9.97 Å². The third-order valence-electron chi connectivity index (χ3n) is 11.4. The van der Waals surface area contributed by atoms with Crippen LogP contribution in [0.25, 0.3) is 78.1 Å². The molecule has 56 heavy (non-hydrogen) atoms. The summed E-state index contributed by atoms with van der Waals surface area (Å²) in [6, 6.07) is 73.2. The number of nitrogens with zero attached hydrogens (tertiary/aromatic N) is 2. The van der Waals surface area contributed by atoms with Gasteiger partial charge in [0.1, 0.15) is 11.2 Å². The van der Waals surface area contributed by atoms with Crippen LogP contribution in [0.3, 0.4) is 0 Å². The van der Waals surface area contributed by atoms with Gasteiger partial charge in [-0.05, 0) is 63.2 Å². The standard InChI is InChI=1S/C53H34N2O/c1-4-16-35(17-5-1)52-54-48(37-19-14-18-36(32-37)41-26-15-27-45-44-25-11-13-29-50(44)56-51(41)45)34-49(55-52)38-30-31-43-42-24-10-12-28-46(42)53(47(43)33-38,39-20-6-2-7-21-39)40-22-8-3-9-23-40/h1-34H. The molecule has 0 atom stereocenters. The minimum Gasteiger partial charge on any atom is -0.455 e. The second-order valence-corrected chi connectivity index (χ2v) is 14.5. The van der Waals surface area contributed by atoms with Crippen molar-refractivity contribution < 1.29 is 4.42 Å². The fourth-order valence-corrected chi connectivity index (χ4v) is 8.88. The van der Waals surface area contributed by atoms with E-state index < -0.39 is 5.41 Å². The first-order valence-electron chi connectivity index (χ1n) is 19.1. The van der Waals surface area contributed by atoms with E-state index >= 15 is 0 Å². The predicted octanol–water partition coefficient (Wildman–Crippen LogP) is 13.4. The number of fused-ring (bicyclic) bond motifs is 6. The summed E-state index contributed by atoms with van der Waals surface area (Å²) in [6.45, 7) is 0. The number of hydrogen-bond donors (Lipinski definition) is 0. The molecule has 11 rings (SSSR count). The van der Waals surface area contributed by atoms with Gasteiger partial charge in [0, 0.05) is 33.0 Å². The Morgan fingerprint density at radius 2 is 0.911 bits per heavy atom. The lowest BCUT2D eigenvalue weighted by Gasteiger charge is -2.34. The molecule has 2 aromatic heterocycles. The number of rotatable bonds is 6. The molecule has 2 heterocycles. The fraction of sp³-hybridized carbons (Fsp3) is 0.0189. The van der Waals surface area contributed by atoms with Crippen LogP contribution < -0.4 is 0 Å². The maximum Gasteiger partial charge on any atom is 0.160 e. The number of aromatic nitrogens is 2. The zero-order chi connectivity index (χ0) is 37.1. The van der Waals surface area contributed by atoms with Crippen LogP contribution in [0.2, 0.25) is 0 Å². The van der Waals surface area contributed by atoms with Crippen molar-refractivity contribution in [1.29, 1.82) is 0 Å². The van der Waals surface area contributed by atoms with Gasteiger partial charge >= 0.3 is 0 Å². The highest BCUT2D eigenvalue weighted by atomic mass is 16.3. The van der Waals surface area contributed by atoms with E-state index in [1.807, 2.05) is 30.3 Å². The summed E-state index contributed by atoms with van der Waals surface area (Å²) in [5, 5.41) is 2.23. The quantitative estimate of drug-likeness (QED) is 0.172. The van der Waals surface area contributed by atoms with Crippen LogP contribution in [0.4, 0.5) is 0 Å². The molecule has 0 N–H and O–H groups in total. The lowest BCUT2D eigenvalue weighted by atomic mass is 9.67. The lowest BCUT2D eigenvalue weighted by molar-refractivity contribution is 0.670. The smallest absolute Gasteiger partial charge is 0.160 e. The van der Waals surface area contributed by atoms with Gasteiger partial charge in [0.25, 0.3) is 0 Å². The number of para-hydroxylation sites is 2. The molecule has 0 saturated carbocycles. The van der Waals surface area contributed by atoms with Crippen molar-refractivity contribution in [3.63, 3.8) is 0 Å². The lowest BCUT2D eigenvalue weighted by Crippen LogP contribution is -2.28. The molecule has 10 aromatic rings. The van der Waals surface area contributed by atoms with Crippen LogP contribution in [0.5, 0.6) is 0 Å². The van der Waals surface area contributed by atoms with Crippen LogP contribution in [-0.4, -0.2) is 9.97 Å². The Kier molecular flexibility index (Phi) is 7.39. The molecule has 0 amide bonds. The summed E-state index contributed by atoms with van der Waals surface area (Å²) in [6.07, 6.45) is 0. The van der Waals surface area contributed by atoms with Gasteiger partial charge in [0.2, 0.25) is 0 Å². The highest BCUT2D eigenvalue weighted by molar-refractivity contribution is 6.09. The zero-order valence-corrected chi connectivity index (χ0v) is 30.4. The fourth-order valence-electron chi connectivity index (χ4n) is 8.88.